The molecule has 2 rings (SSSR count). The number of rotatable bonds is 4. The van der Waals surface area contributed by atoms with Crippen LogP contribution in [0.4, 0.5) is 4.39 Å². The minimum Gasteiger partial charge on any atom is -0.497 e. The molecule has 0 fully saturated rings. The summed E-state index contributed by atoms with van der Waals surface area (Å²) >= 11 is 0. The first-order valence-corrected chi connectivity index (χ1v) is 5.82. The molecule has 0 heterocycles. The van der Waals surface area contributed by atoms with E-state index < -0.39 is 0 Å². The van der Waals surface area contributed by atoms with E-state index in [1.54, 1.807) is 19.2 Å². The molecule has 0 saturated carbocycles. The number of ether oxygens (including phenoxy) is 1. The molecule has 0 aliphatic heterocycles. The second-order valence-electron chi connectivity index (χ2n) is 4.08. The summed E-state index contributed by atoms with van der Waals surface area (Å²) < 4.78 is 19.2. The molecular formula is C15H16FNO. The van der Waals surface area contributed by atoms with Crippen LogP contribution in [0.15, 0.2) is 42.5 Å². The Bertz CT molecular complexity index is 540. The molecule has 0 radical (unpaired) electrons. The van der Waals surface area contributed by atoms with Crippen molar-refractivity contribution in [3.8, 4) is 16.9 Å². The Morgan fingerprint density at radius 1 is 1.17 bits per heavy atom. The summed E-state index contributed by atoms with van der Waals surface area (Å²) in [5.41, 5.74) is 2.35. The molecule has 0 saturated heterocycles. The van der Waals surface area contributed by atoms with E-state index in [4.69, 9.17) is 4.74 Å². The summed E-state index contributed by atoms with van der Waals surface area (Å²) in [5, 5.41) is 3.00. The lowest BCUT2D eigenvalue weighted by molar-refractivity contribution is 0.415. The average Bonchev–Trinajstić information content (AvgIpc) is 2.39. The van der Waals surface area contributed by atoms with Crippen molar-refractivity contribution in [2.75, 3.05) is 14.2 Å². The monoisotopic (exact) mass is 245 g/mol. The number of hydrogen-bond donors (Lipinski definition) is 1. The summed E-state index contributed by atoms with van der Waals surface area (Å²) in [4.78, 5) is 0. The second kappa shape index (κ2) is 5.65. The lowest BCUT2D eigenvalue weighted by atomic mass is 10.0. The van der Waals surface area contributed by atoms with Crippen molar-refractivity contribution in [3.05, 3.63) is 53.8 Å². The van der Waals surface area contributed by atoms with Crippen LogP contribution < -0.4 is 10.1 Å². The van der Waals surface area contributed by atoms with Gasteiger partial charge in [-0.2, -0.15) is 0 Å². The predicted octanol–water partition coefficient (Wildman–Crippen LogP) is 3.22. The smallest absolute Gasteiger partial charge is 0.131 e. The van der Waals surface area contributed by atoms with Gasteiger partial charge in [-0.15, -0.1) is 0 Å². The maximum atomic E-state index is 14.0. The Balaban J connectivity index is 2.38. The molecule has 2 aromatic rings. The maximum Gasteiger partial charge on any atom is 0.131 e. The summed E-state index contributed by atoms with van der Waals surface area (Å²) in [7, 11) is 3.44. The molecule has 0 aromatic heterocycles. The Kier molecular flexibility index (Phi) is 3.95. The van der Waals surface area contributed by atoms with Gasteiger partial charge >= 0.3 is 0 Å². The minimum atomic E-state index is -0.212. The topological polar surface area (TPSA) is 21.3 Å². The molecule has 0 spiro atoms. The van der Waals surface area contributed by atoms with E-state index in [1.165, 1.54) is 0 Å². The number of benzene rings is 2. The van der Waals surface area contributed by atoms with Crippen LogP contribution in [-0.4, -0.2) is 14.2 Å². The van der Waals surface area contributed by atoms with Gasteiger partial charge in [0.1, 0.15) is 11.6 Å². The Labute approximate surface area is 106 Å². The summed E-state index contributed by atoms with van der Waals surface area (Å²) in [6, 6.07) is 12.7. The summed E-state index contributed by atoms with van der Waals surface area (Å²) in [5.74, 6) is 0.516. The number of hydrogen-bond acceptors (Lipinski definition) is 2. The zero-order valence-corrected chi connectivity index (χ0v) is 10.5. The van der Waals surface area contributed by atoms with Gasteiger partial charge in [0.15, 0.2) is 0 Å². The standard InChI is InChI=1S/C15H16FNO/c1-17-10-11-6-7-14(15(16)8-11)12-4-3-5-13(9-12)18-2/h3-9,17H,10H2,1-2H3. The van der Waals surface area contributed by atoms with Gasteiger partial charge in [0.25, 0.3) is 0 Å². The van der Waals surface area contributed by atoms with Crippen LogP contribution in [0.3, 0.4) is 0 Å². The van der Waals surface area contributed by atoms with E-state index in [9.17, 15) is 4.39 Å². The van der Waals surface area contributed by atoms with Crippen LogP contribution in [0.25, 0.3) is 11.1 Å². The average molecular weight is 245 g/mol. The first-order valence-electron chi connectivity index (χ1n) is 5.82. The number of nitrogens with one attached hydrogen (secondary N) is 1. The van der Waals surface area contributed by atoms with Gasteiger partial charge in [-0.05, 0) is 36.4 Å². The van der Waals surface area contributed by atoms with Crippen molar-refractivity contribution in [3.63, 3.8) is 0 Å². The molecule has 18 heavy (non-hydrogen) atoms. The van der Waals surface area contributed by atoms with Gasteiger partial charge < -0.3 is 10.1 Å². The fraction of sp³-hybridized carbons (Fsp3) is 0.200. The quantitative estimate of drug-likeness (QED) is 0.893. The SMILES string of the molecule is CNCc1ccc(-c2cccc(OC)c2)c(F)c1. The van der Waals surface area contributed by atoms with Crippen molar-refractivity contribution in [2.24, 2.45) is 0 Å². The molecular weight excluding hydrogens is 229 g/mol. The van der Waals surface area contributed by atoms with Gasteiger partial charge in [-0.25, -0.2) is 4.39 Å². The maximum absolute atomic E-state index is 14.0. The van der Waals surface area contributed by atoms with Crippen molar-refractivity contribution in [1.82, 2.24) is 5.32 Å². The van der Waals surface area contributed by atoms with Gasteiger partial charge in [-0.1, -0.05) is 24.3 Å². The van der Waals surface area contributed by atoms with Crippen LogP contribution in [0.5, 0.6) is 5.75 Å². The Morgan fingerprint density at radius 3 is 2.67 bits per heavy atom. The lowest BCUT2D eigenvalue weighted by Crippen LogP contribution is -2.05. The third kappa shape index (κ3) is 2.68. The van der Waals surface area contributed by atoms with Crippen molar-refractivity contribution < 1.29 is 9.13 Å². The van der Waals surface area contributed by atoms with Crippen molar-refractivity contribution in [2.45, 2.75) is 6.54 Å². The van der Waals surface area contributed by atoms with E-state index >= 15 is 0 Å². The van der Waals surface area contributed by atoms with Crippen LogP contribution in [0, 0.1) is 5.82 Å². The molecule has 0 aliphatic rings. The Hall–Kier alpha value is -1.87. The van der Waals surface area contributed by atoms with E-state index in [0.29, 0.717) is 12.1 Å². The highest BCUT2D eigenvalue weighted by atomic mass is 19.1. The minimum absolute atomic E-state index is 0.212. The molecule has 2 aromatic carbocycles. The third-order valence-electron chi connectivity index (χ3n) is 2.80. The van der Waals surface area contributed by atoms with Gasteiger partial charge in [0.2, 0.25) is 0 Å². The first kappa shape index (κ1) is 12.6. The zero-order chi connectivity index (χ0) is 13.0. The predicted molar refractivity (Wildman–Crippen MR) is 71.2 cm³/mol. The van der Waals surface area contributed by atoms with E-state index in [-0.39, 0.29) is 5.82 Å². The van der Waals surface area contributed by atoms with Crippen LogP contribution in [-0.2, 0) is 6.54 Å². The fourth-order valence-electron chi connectivity index (χ4n) is 1.90. The van der Waals surface area contributed by atoms with Crippen LogP contribution in [0.2, 0.25) is 0 Å². The van der Waals surface area contributed by atoms with Gasteiger partial charge in [0, 0.05) is 12.1 Å². The highest BCUT2D eigenvalue weighted by Gasteiger charge is 2.06. The van der Waals surface area contributed by atoms with Gasteiger partial charge in [0.05, 0.1) is 7.11 Å². The zero-order valence-electron chi connectivity index (χ0n) is 10.5. The molecule has 0 amide bonds. The number of halogens is 1. The van der Waals surface area contributed by atoms with Crippen LogP contribution in [0.1, 0.15) is 5.56 Å². The molecule has 0 unspecified atom stereocenters. The molecule has 3 heteroatoms. The second-order valence-corrected chi connectivity index (χ2v) is 4.08. The van der Waals surface area contributed by atoms with E-state index in [2.05, 4.69) is 5.32 Å². The molecule has 0 aliphatic carbocycles. The largest absolute Gasteiger partial charge is 0.497 e. The highest BCUT2D eigenvalue weighted by Crippen LogP contribution is 2.26. The summed E-state index contributed by atoms with van der Waals surface area (Å²) in [6.07, 6.45) is 0. The molecule has 0 bridgehead atoms. The van der Waals surface area contributed by atoms with E-state index in [0.717, 1.165) is 16.9 Å². The molecule has 1 N–H and O–H groups in total. The lowest BCUT2D eigenvalue weighted by Gasteiger charge is -2.08. The van der Waals surface area contributed by atoms with Gasteiger partial charge in [-0.3, -0.25) is 0 Å². The highest BCUT2D eigenvalue weighted by molar-refractivity contribution is 5.66. The first-order chi connectivity index (χ1) is 8.74. The molecule has 94 valence electrons. The molecule has 2 nitrogen and oxygen atoms in total. The fourth-order valence-corrected chi connectivity index (χ4v) is 1.90. The normalized spacial score (nSPS) is 10.4. The number of methoxy groups -OCH3 is 1. The molecule has 0 atom stereocenters. The van der Waals surface area contributed by atoms with E-state index in [1.807, 2.05) is 37.4 Å². The third-order valence-corrected chi connectivity index (χ3v) is 2.80. The Morgan fingerprint density at radius 2 is 2.00 bits per heavy atom. The van der Waals surface area contributed by atoms with Crippen molar-refractivity contribution in [1.29, 1.82) is 0 Å². The van der Waals surface area contributed by atoms with Crippen LogP contribution >= 0.6 is 0 Å². The van der Waals surface area contributed by atoms with Crippen molar-refractivity contribution >= 4 is 0 Å². The summed E-state index contributed by atoms with van der Waals surface area (Å²) in [6.45, 7) is 0.662.